The predicted molar refractivity (Wildman–Crippen MR) is 145 cm³/mol. The minimum absolute atomic E-state index is 0.193. The molecule has 5 N–H and O–H groups in total. The number of amides is 3. The van der Waals surface area contributed by atoms with E-state index in [9.17, 15) is 9.59 Å². The Morgan fingerprint density at radius 3 is 2.53 bits per heavy atom. The van der Waals surface area contributed by atoms with E-state index in [0.29, 0.717) is 30.0 Å². The first-order chi connectivity index (χ1) is 18.1. The number of benzene rings is 1. The topological polar surface area (TPSA) is 145 Å². The molecule has 198 valence electrons. The summed E-state index contributed by atoms with van der Waals surface area (Å²) < 4.78 is 7.61. The van der Waals surface area contributed by atoms with Crippen molar-refractivity contribution in [2.24, 2.45) is 0 Å². The number of anilines is 1. The van der Waals surface area contributed by atoms with Gasteiger partial charge in [-0.15, -0.1) is 0 Å². The van der Waals surface area contributed by atoms with Crippen molar-refractivity contribution in [2.75, 3.05) is 12.4 Å². The first kappa shape index (κ1) is 26.6. The fourth-order valence-corrected chi connectivity index (χ4v) is 4.42. The number of nitrogens with one attached hydrogen (secondary N) is 5. The van der Waals surface area contributed by atoms with E-state index in [-0.39, 0.29) is 40.7 Å². The third-order valence-electron chi connectivity index (χ3n) is 6.42. The molecular formula is C28H33N7O3. The van der Waals surface area contributed by atoms with Gasteiger partial charge >= 0.3 is 6.03 Å². The lowest BCUT2D eigenvalue weighted by molar-refractivity contribution is 0.0957. The van der Waals surface area contributed by atoms with Crippen molar-refractivity contribution in [3.63, 3.8) is 0 Å². The molecule has 0 aliphatic heterocycles. The molecule has 1 aliphatic carbocycles. The molecule has 1 aromatic carbocycles. The van der Waals surface area contributed by atoms with Gasteiger partial charge in [-0.05, 0) is 48.2 Å². The Hall–Kier alpha value is -4.47. The molecule has 2 unspecified atom stereocenters. The lowest BCUT2D eigenvalue weighted by atomic mass is 9.85. The van der Waals surface area contributed by atoms with Gasteiger partial charge in [0, 0.05) is 23.8 Å². The average Bonchev–Trinajstić information content (AvgIpc) is 2.89. The van der Waals surface area contributed by atoms with Crippen LogP contribution in [0.3, 0.4) is 0 Å². The molecule has 10 heteroatoms. The molecule has 2 aromatic heterocycles. The lowest BCUT2D eigenvalue weighted by Gasteiger charge is -2.32. The Morgan fingerprint density at radius 1 is 1.11 bits per heavy atom. The van der Waals surface area contributed by atoms with E-state index < -0.39 is 0 Å². The third kappa shape index (κ3) is 5.91. The highest BCUT2D eigenvalue weighted by Gasteiger charge is 2.29. The van der Waals surface area contributed by atoms with Gasteiger partial charge in [-0.2, -0.15) is 0 Å². The van der Waals surface area contributed by atoms with Crippen LogP contribution in [0, 0.1) is 10.8 Å². The van der Waals surface area contributed by atoms with Crippen LogP contribution in [0.5, 0.6) is 5.75 Å². The number of urea groups is 1. The van der Waals surface area contributed by atoms with Gasteiger partial charge in [-0.1, -0.05) is 45.0 Å². The van der Waals surface area contributed by atoms with E-state index in [2.05, 4.69) is 20.9 Å². The van der Waals surface area contributed by atoms with Crippen LogP contribution in [0.15, 0.2) is 54.7 Å². The summed E-state index contributed by atoms with van der Waals surface area (Å²) in [5.74, 6) is 0.239. The Kier molecular flexibility index (Phi) is 7.61. The largest absolute Gasteiger partial charge is 0.484 e. The van der Waals surface area contributed by atoms with Crippen molar-refractivity contribution in [3.05, 3.63) is 82.7 Å². The molecule has 0 bridgehead atoms. The molecule has 0 spiro atoms. The average molecular weight is 516 g/mol. The van der Waals surface area contributed by atoms with E-state index in [1.54, 1.807) is 37.5 Å². The number of aromatic nitrogens is 2. The number of hydrogen-bond donors (Lipinski definition) is 5. The van der Waals surface area contributed by atoms with Crippen LogP contribution in [-0.2, 0) is 5.41 Å². The summed E-state index contributed by atoms with van der Waals surface area (Å²) in [7, 11) is 1.54. The molecular weight excluding hydrogens is 482 g/mol. The van der Waals surface area contributed by atoms with Gasteiger partial charge in [0.2, 0.25) is 0 Å². The number of pyridine rings is 2. The molecule has 38 heavy (non-hydrogen) atoms. The molecule has 3 aromatic rings. The molecule has 10 nitrogen and oxygen atoms in total. The number of carbonyl (C=O) groups is 2. The summed E-state index contributed by atoms with van der Waals surface area (Å²) in [5.41, 5.74) is 3.24. The fourth-order valence-electron chi connectivity index (χ4n) is 4.42. The molecule has 4 rings (SSSR count). The zero-order chi connectivity index (χ0) is 27.4. The maximum Gasteiger partial charge on any atom is 0.319 e. The number of nitrogens with zero attached hydrogens (tertiary/aromatic N) is 2. The van der Waals surface area contributed by atoms with E-state index in [0.717, 1.165) is 17.5 Å². The molecule has 1 aliphatic rings. The summed E-state index contributed by atoms with van der Waals surface area (Å²) in [6.45, 7) is 5.99. The zero-order valence-electron chi connectivity index (χ0n) is 22.0. The molecule has 2 atom stereocenters. The highest BCUT2D eigenvalue weighted by Crippen LogP contribution is 2.38. The van der Waals surface area contributed by atoms with Crippen molar-refractivity contribution in [1.29, 1.82) is 10.8 Å². The second-order valence-electron chi connectivity index (χ2n) is 10.2. The van der Waals surface area contributed by atoms with Gasteiger partial charge < -0.3 is 20.7 Å². The summed E-state index contributed by atoms with van der Waals surface area (Å²) >= 11 is 0. The maximum absolute atomic E-state index is 13.1. The van der Waals surface area contributed by atoms with Gasteiger partial charge in [0.25, 0.3) is 5.91 Å². The second kappa shape index (κ2) is 10.9. The zero-order valence-corrected chi connectivity index (χ0v) is 22.0. The van der Waals surface area contributed by atoms with E-state index in [1.807, 2.05) is 45.0 Å². The summed E-state index contributed by atoms with van der Waals surface area (Å²) in [6, 6.07) is 13.9. The van der Waals surface area contributed by atoms with E-state index >= 15 is 0 Å². The summed E-state index contributed by atoms with van der Waals surface area (Å²) in [5, 5.41) is 23.8. The smallest absolute Gasteiger partial charge is 0.319 e. The van der Waals surface area contributed by atoms with Crippen molar-refractivity contribution in [3.8, 4) is 5.75 Å². The van der Waals surface area contributed by atoms with Crippen LogP contribution in [0.2, 0.25) is 0 Å². The van der Waals surface area contributed by atoms with Gasteiger partial charge in [-0.3, -0.25) is 20.2 Å². The first-order valence-corrected chi connectivity index (χ1v) is 12.4. The van der Waals surface area contributed by atoms with E-state index in [1.165, 1.54) is 4.57 Å². The maximum atomic E-state index is 13.1. The monoisotopic (exact) mass is 515 g/mol. The van der Waals surface area contributed by atoms with Crippen molar-refractivity contribution < 1.29 is 14.3 Å². The highest BCUT2D eigenvalue weighted by molar-refractivity contribution is 5.95. The van der Waals surface area contributed by atoms with Crippen LogP contribution in [0.25, 0.3) is 0 Å². The molecule has 0 saturated heterocycles. The van der Waals surface area contributed by atoms with Crippen LogP contribution in [-0.4, -0.2) is 34.9 Å². The Morgan fingerprint density at radius 2 is 1.84 bits per heavy atom. The highest BCUT2D eigenvalue weighted by atomic mass is 16.5. The molecule has 0 saturated carbocycles. The Balaban J connectivity index is 1.52. The quantitative estimate of drug-likeness (QED) is 0.247. The number of fused-ring (bicyclic) bond motifs is 1. The molecule has 3 amide bonds. The van der Waals surface area contributed by atoms with Crippen LogP contribution in [0.4, 0.5) is 10.5 Å². The lowest BCUT2D eigenvalue weighted by Crippen LogP contribution is -2.36. The molecule has 0 fully saturated rings. The third-order valence-corrected chi connectivity index (χ3v) is 6.42. The number of hydrogen-bond acceptors (Lipinski definition) is 6. The molecule has 2 heterocycles. The number of ether oxygens (including phenoxy) is 1. The predicted octanol–water partition coefficient (Wildman–Crippen LogP) is 4.25. The summed E-state index contributed by atoms with van der Waals surface area (Å²) in [6.07, 6.45) is 3.77. The van der Waals surface area contributed by atoms with Gasteiger partial charge in [0.1, 0.15) is 23.0 Å². The van der Waals surface area contributed by atoms with Crippen LogP contribution in [0.1, 0.15) is 73.1 Å². The minimum Gasteiger partial charge on any atom is -0.484 e. The molecule has 0 radical (unpaired) electrons. The number of rotatable bonds is 6. The first-order valence-electron chi connectivity index (χ1n) is 12.4. The summed E-state index contributed by atoms with van der Waals surface area (Å²) in [4.78, 5) is 29.8. The van der Waals surface area contributed by atoms with Gasteiger partial charge in [0.15, 0.2) is 0 Å². The fraction of sp³-hybridized carbons (Fsp3) is 0.321. The second-order valence-corrected chi connectivity index (χ2v) is 10.2. The SMILES string of the molecule is CNC(=O)c1cc(NC(=O)NC2CCC(Oc3ccc(=N)n(C=N)c3)c3ccccc32)cc(C(C)(C)C)n1. The van der Waals surface area contributed by atoms with Gasteiger partial charge in [0.05, 0.1) is 18.6 Å². The van der Waals surface area contributed by atoms with E-state index in [4.69, 9.17) is 15.6 Å². The van der Waals surface area contributed by atoms with Crippen molar-refractivity contribution in [1.82, 2.24) is 20.2 Å². The standard InChI is InChI=1S/C28H33N7O3/c1-28(2,3)24-14-17(13-22(33-24)26(36)31-4)32-27(37)34-21-10-11-23(20-8-6-5-7-19(20)21)38-18-9-12-25(30)35(15-18)16-29/h5-9,12-16,21,23,29-30H,10-11H2,1-4H3,(H,31,36)(H2,32,33,34,37). The Bertz CT molecular complexity index is 1420. The Labute approximate surface area is 221 Å². The van der Waals surface area contributed by atoms with Crippen LogP contribution >= 0.6 is 0 Å². The van der Waals surface area contributed by atoms with Crippen molar-refractivity contribution in [2.45, 2.75) is 51.2 Å². The van der Waals surface area contributed by atoms with Crippen LogP contribution < -0.4 is 26.2 Å². The van der Waals surface area contributed by atoms with Gasteiger partial charge in [-0.25, -0.2) is 9.78 Å². The van der Waals surface area contributed by atoms with Crippen molar-refractivity contribution >= 4 is 24.0 Å². The number of carbonyl (C=O) groups excluding carboxylic acids is 2. The normalized spacial score (nSPS) is 16.6. The minimum atomic E-state index is -0.379.